The molecule has 7 heteroatoms. The minimum atomic E-state index is -0.887. The SMILES string of the molecule is CCOc1cc(CN[C@H](C(N)=O)[C@@H](C)O)cc(Cl)c1OCC. The first-order chi connectivity index (χ1) is 10.4. The fourth-order valence-corrected chi connectivity index (χ4v) is 2.30. The van der Waals surface area contributed by atoms with E-state index >= 15 is 0 Å². The van der Waals surface area contributed by atoms with Crippen LogP contribution in [-0.4, -0.2) is 36.4 Å². The number of amides is 1. The zero-order valence-electron chi connectivity index (χ0n) is 13.1. The van der Waals surface area contributed by atoms with Crippen molar-refractivity contribution in [2.75, 3.05) is 13.2 Å². The van der Waals surface area contributed by atoms with Gasteiger partial charge in [0.1, 0.15) is 6.04 Å². The van der Waals surface area contributed by atoms with E-state index in [2.05, 4.69) is 5.32 Å². The summed E-state index contributed by atoms with van der Waals surface area (Å²) < 4.78 is 11.0. The topological polar surface area (TPSA) is 93.8 Å². The summed E-state index contributed by atoms with van der Waals surface area (Å²) in [5.74, 6) is 0.426. The van der Waals surface area contributed by atoms with Gasteiger partial charge in [-0.15, -0.1) is 0 Å². The second-order valence-electron chi connectivity index (χ2n) is 4.77. The fraction of sp³-hybridized carbons (Fsp3) is 0.533. The minimum absolute atomic E-state index is 0.310. The normalized spacial score (nSPS) is 13.5. The van der Waals surface area contributed by atoms with Crippen LogP contribution in [0.1, 0.15) is 26.3 Å². The highest BCUT2D eigenvalue weighted by molar-refractivity contribution is 6.32. The van der Waals surface area contributed by atoms with E-state index in [4.69, 9.17) is 26.8 Å². The van der Waals surface area contributed by atoms with Crippen molar-refractivity contribution in [3.05, 3.63) is 22.7 Å². The number of benzene rings is 1. The van der Waals surface area contributed by atoms with E-state index in [-0.39, 0.29) is 0 Å². The summed E-state index contributed by atoms with van der Waals surface area (Å²) in [4.78, 5) is 11.3. The Morgan fingerprint density at radius 3 is 2.50 bits per heavy atom. The van der Waals surface area contributed by atoms with Gasteiger partial charge in [0.05, 0.1) is 24.3 Å². The van der Waals surface area contributed by atoms with Gasteiger partial charge in [0.2, 0.25) is 5.91 Å². The number of rotatable bonds is 9. The number of nitrogens with two attached hydrogens (primary N) is 1. The van der Waals surface area contributed by atoms with Crippen LogP contribution < -0.4 is 20.5 Å². The molecule has 1 aromatic rings. The molecule has 1 rings (SSSR count). The molecule has 0 spiro atoms. The third-order valence-electron chi connectivity index (χ3n) is 2.97. The van der Waals surface area contributed by atoms with Gasteiger partial charge in [0.15, 0.2) is 11.5 Å². The first-order valence-corrected chi connectivity index (χ1v) is 7.57. The quantitative estimate of drug-likeness (QED) is 0.637. The van der Waals surface area contributed by atoms with Crippen LogP contribution in [0.3, 0.4) is 0 Å². The molecule has 0 aliphatic heterocycles. The highest BCUT2D eigenvalue weighted by Gasteiger charge is 2.21. The van der Waals surface area contributed by atoms with Crippen molar-refractivity contribution in [3.8, 4) is 11.5 Å². The Bertz CT molecular complexity index is 509. The van der Waals surface area contributed by atoms with Crippen molar-refractivity contribution in [1.29, 1.82) is 0 Å². The molecule has 0 aliphatic carbocycles. The Morgan fingerprint density at radius 1 is 1.36 bits per heavy atom. The molecule has 0 aromatic heterocycles. The molecule has 0 saturated heterocycles. The van der Waals surface area contributed by atoms with Crippen molar-refractivity contribution in [3.63, 3.8) is 0 Å². The summed E-state index contributed by atoms with van der Waals surface area (Å²) in [6.07, 6.45) is -0.887. The average molecular weight is 331 g/mol. The highest BCUT2D eigenvalue weighted by atomic mass is 35.5. The lowest BCUT2D eigenvalue weighted by Crippen LogP contribution is -2.47. The van der Waals surface area contributed by atoms with E-state index in [1.165, 1.54) is 6.92 Å². The third kappa shape index (κ3) is 5.05. The van der Waals surface area contributed by atoms with Crippen molar-refractivity contribution in [2.45, 2.75) is 39.5 Å². The van der Waals surface area contributed by atoms with Gasteiger partial charge in [-0.05, 0) is 38.5 Å². The number of nitrogens with one attached hydrogen (secondary N) is 1. The van der Waals surface area contributed by atoms with Gasteiger partial charge in [-0.25, -0.2) is 0 Å². The van der Waals surface area contributed by atoms with Crippen LogP contribution in [0.25, 0.3) is 0 Å². The Labute approximate surface area is 135 Å². The molecule has 2 atom stereocenters. The molecule has 4 N–H and O–H groups in total. The van der Waals surface area contributed by atoms with Crippen LogP contribution in [0.15, 0.2) is 12.1 Å². The monoisotopic (exact) mass is 330 g/mol. The third-order valence-corrected chi connectivity index (χ3v) is 3.25. The van der Waals surface area contributed by atoms with E-state index in [0.29, 0.717) is 36.3 Å². The number of carbonyl (C=O) groups is 1. The number of aliphatic hydroxyl groups excluding tert-OH is 1. The molecule has 0 aliphatic rings. The molecule has 124 valence electrons. The van der Waals surface area contributed by atoms with Crippen LogP contribution in [0.5, 0.6) is 11.5 Å². The maximum Gasteiger partial charge on any atom is 0.237 e. The fourth-order valence-electron chi connectivity index (χ4n) is 2.01. The number of carbonyl (C=O) groups excluding carboxylic acids is 1. The van der Waals surface area contributed by atoms with Crippen LogP contribution in [0, 0.1) is 0 Å². The molecular weight excluding hydrogens is 308 g/mol. The smallest absolute Gasteiger partial charge is 0.237 e. The van der Waals surface area contributed by atoms with Crippen LogP contribution in [0.2, 0.25) is 5.02 Å². The Kier molecular flexibility index (Phi) is 7.44. The summed E-state index contributed by atoms with van der Waals surface area (Å²) in [6, 6.07) is 2.68. The summed E-state index contributed by atoms with van der Waals surface area (Å²) >= 11 is 6.22. The molecule has 0 heterocycles. The maximum atomic E-state index is 11.3. The highest BCUT2D eigenvalue weighted by Crippen LogP contribution is 2.36. The maximum absolute atomic E-state index is 11.3. The molecule has 0 unspecified atom stereocenters. The molecule has 1 aromatic carbocycles. The Hall–Kier alpha value is -1.50. The van der Waals surface area contributed by atoms with Crippen molar-refractivity contribution < 1.29 is 19.4 Å². The van der Waals surface area contributed by atoms with Crippen LogP contribution in [-0.2, 0) is 11.3 Å². The first-order valence-electron chi connectivity index (χ1n) is 7.19. The van der Waals surface area contributed by atoms with Gasteiger partial charge >= 0.3 is 0 Å². The number of hydrogen-bond acceptors (Lipinski definition) is 5. The Morgan fingerprint density at radius 2 is 2.00 bits per heavy atom. The molecule has 0 fully saturated rings. The zero-order valence-corrected chi connectivity index (χ0v) is 13.8. The van der Waals surface area contributed by atoms with Crippen molar-refractivity contribution in [1.82, 2.24) is 5.32 Å². The molecule has 0 radical (unpaired) electrons. The van der Waals surface area contributed by atoms with E-state index in [1.54, 1.807) is 12.1 Å². The lowest BCUT2D eigenvalue weighted by atomic mass is 10.1. The van der Waals surface area contributed by atoms with E-state index in [9.17, 15) is 9.90 Å². The molecule has 1 amide bonds. The summed E-state index contributed by atoms with van der Waals surface area (Å²) in [6.45, 7) is 6.49. The molecule has 0 bridgehead atoms. The van der Waals surface area contributed by atoms with Gasteiger partial charge in [-0.3, -0.25) is 10.1 Å². The zero-order chi connectivity index (χ0) is 16.7. The average Bonchev–Trinajstić information content (AvgIpc) is 2.42. The molecule has 0 saturated carbocycles. The van der Waals surface area contributed by atoms with E-state index < -0.39 is 18.1 Å². The number of hydrogen-bond donors (Lipinski definition) is 3. The second kappa shape index (κ2) is 8.82. The number of aliphatic hydroxyl groups is 1. The molecule has 22 heavy (non-hydrogen) atoms. The summed E-state index contributed by atoms with van der Waals surface area (Å²) in [7, 11) is 0. The number of ether oxygens (including phenoxy) is 2. The predicted octanol–water partition coefficient (Wildman–Crippen LogP) is 1.46. The summed E-state index contributed by atoms with van der Waals surface area (Å²) in [5.41, 5.74) is 6.04. The van der Waals surface area contributed by atoms with Crippen LogP contribution >= 0.6 is 11.6 Å². The largest absolute Gasteiger partial charge is 0.490 e. The van der Waals surface area contributed by atoms with Gasteiger partial charge in [-0.1, -0.05) is 11.6 Å². The van der Waals surface area contributed by atoms with Gasteiger partial charge in [0, 0.05) is 6.54 Å². The van der Waals surface area contributed by atoms with Crippen LogP contribution in [0.4, 0.5) is 0 Å². The first kappa shape index (κ1) is 18.5. The van der Waals surface area contributed by atoms with Crippen molar-refractivity contribution >= 4 is 17.5 Å². The van der Waals surface area contributed by atoms with Gasteiger partial charge in [0.25, 0.3) is 0 Å². The lowest BCUT2D eigenvalue weighted by molar-refractivity contribution is -0.122. The second-order valence-corrected chi connectivity index (χ2v) is 5.18. The predicted molar refractivity (Wildman–Crippen MR) is 85.3 cm³/mol. The van der Waals surface area contributed by atoms with Crippen molar-refractivity contribution in [2.24, 2.45) is 5.73 Å². The lowest BCUT2D eigenvalue weighted by Gasteiger charge is -2.19. The molecule has 6 nitrogen and oxygen atoms in total. The van der Waals surface area contributed by atoms with Gasteiger partial charge in [-0.2, -0.15) is 0 Å². The number of primary amides is 1. The minimum Gasteiger partial charge on any atom is -0.490 e. The molecular formula is C15H23ClN2O4. The Balaban J connectivity index is 2.93. The number of halogens is 1. The van der Waals surface area contributed by atoms with E-state index in [0.717, 1.165) is 5.56 Å². The van der Waals surface area contributed by atoms with Gasteiger partial charge < -0.3 is 20.3 Å². The van der Waals surface area contributed by atoms with E-state index in [1.807, 2.05) is 13.8 Å². The standard InChI is InChI=1S/C15H23ClN2O4/c1-4-21-12-7-10(6-11(16)14(12)22-5-2)8-18-13(9(3)19)15(17)20/h6-7,9,13,18-19H,4-5,8H2,1-3H3,(H2,17,20)/t9-,13+/m1/s1. The summed E-state index contributed by atoms with van der Waals surface area (Å²) in [5, 5.41) is 12.9.